The van der Waals surface area contributed by atoms with E-state index in [4.69, 9.17) is 9.72 Å². The zero-order valence-corrected chi connectivity index (χ0v) is 26.4. The minimum atomic E-state index is -0.937. The van der Waals surface area contributed by atoms with Crippen LogP contribution in [0.3, 0.4) is 0 Å². The van der Waals surface area contributed by atoms with Crippen molar-refractivity contribution >= 4 is 28.3 Å². The zero-order valence-electron chi connectivity index (χ0n) is 26.4. The molecule has 1 amide bonds. The van der Waals surface area contributed by atoms with E-state index in [1.54, 1.807) is 0 Å². The Hall–Kier alpha value is -4.39. The second-order valence-corrected chi connectivity index (χ2v) is 13.7. The molecule has 4 aromatic rings. The number of hydrogen-bond donors (Lipinski definition) is 3. The Balaban J connectivity index is 1.25. The van der Waals surface area contributed by atoms with E-state index in [-0.39, 0.29) is 23.7 Å². The highest BCUT2D eigenvalue weighted by atomic mass is 16.5. The fourth-order valence-electron chi connectivity index (χ4n) is 6.85. The van der Waals surface area contributed by atoms with Gasteiger partial charge in [-0.2, -0.15) is 0 Å². The van der Waals surface area contributed by atoms with Gasteiger partial charge in [-0.05, 0) is 77.1 Å². The maximum absolute atomic E-state index is 13.7. The van der Waals surface area contributed by atoms with Crippen molar-refractivity contribution < 1.29 is 19.4 Å². The van der Waals surface area contributed by atoms with E-state index in [1.807, 2.05) is 54.6 Å². The van der Waals surface area contributed by atoms with Gasteiger partial charge in [0.1, 0.15) is 17.2 Å². The lowest BCUT2D eigenvalue weighted by Crippen LogP contribution is -2.38. The highest BCUT2D eigenvalue weighted by Crippen LogP contribution is 2.36. The summed E-state index contributed by atoms with van der Waals surface area (Å²) in [5.74, 6) is 0.875. The molecule has 0 bridgehead atoms. The molecule has 2 atom stereocenters. The predicted octanol–water partition coefficient (Wildman–Crippen LogP) is 8.23. The van der Waals surface area contributed by atoms with Gasteiger partial charge in [-0.3, -0.25) is 9.59 Å². The van der Waals surface area contributed by atoms with Gasteiger partial charge in [-0.1, -0.05) is 82.9 Å². The number of rotatable bonds is 10. The summed E-state index contributed by atoms with van der Waals surface area (Å²) in [5, 5.41) is 18.0. The highest BCUT2D eigenvalue weighted by Gasteiger charge is 2.28. The molecule has 2 aliphatic rings. The van der Waals surface area contributed by atoms with E-state index in [9.17, 15) is 14.7 Å². The van der Waals surface area contributed by atoms with Crippen LogP contribution < -0.4 is 15.4 Å². The van der Waals surface area contributed by atoms with Gasteiger partial charge in [0, 0.05) is 35.3 Å². The highest BCUT2D eigenvalue weighted by molar-refractivity contribution is 5.98. The molecule has 1 aromatic heterocycles. The van der Waals surface area contributed by atoms with Crippen molar-refractivity contribution in [2.45, 2.75) is 83.1 Å². The van der Waals surface area contributed by atoms with Crippen molar-refractivity contribution in [3.05, 3.63) is 95.3 Å². The maximum Gasteiger partial charge on any atom is 0.305 e. The summed E-state index contributed by atoms with van der Waals surface area (Å²) in [6.45, 7) is 7.30. The molecule has 0 spiro atoms. The zero-order chi connectivity index (χ0) is 31.6. The third-order valence-electron chi connectivity index (χ3n) is 9.29. The Morgan fingerprint density at radius 2 is 1.73 bits per heavy atom. The quantitative estimate of drug-likeness (QED) is 0.168. The van der Waals surface area contributed by atoms with E-state index >= 15 is 0 Å². The van der Waals surface area contributed by atoms with Gasteiger partial charge >= 0.3 is 5.97 Å². The number of anilines is 1. The van der Waals surface area contributed by atoms with Gasteiger partial charge in [0.05, 0.1) is 6.42 Å². The van der Waals surface area contributed by atoms with Crippen molar-refractivity contribution in [2.24, 2.45) is 5.92 Å². The Morgan fingerprint density at radius 1 is 1.00 bits per heavy atom. The summed E-state index contributed by atoms with van der Waals surface area (Å²) in [4.78, 5) is 30.4. The molecule has 1 aliphatic carbocycles. The molecule has 7 heteroatoms. The molecule has 234 valence electrons. The maximum atomic E-state index is 13.7. The number of carbonyl (C=O) groups excluding carboxylic acids is 1. The summed E-state index contributed by atoms with van der Waals surface area (Å²) >= 11 is 0. The number of pyridine rings is 1. The number of carboxylic acid groups (broad SMARTS) is 1. The molecule has 1 saturated carbocycles. The fourth-order valence-corrected chi connectivity index (χ4v) is 6.85. The standard InChI is InChI=1S/C38H43N3O4/c1-38(2,3)27-13-16-29(17-14-27)45-30-15-12-25-20-35(41-34(32(25)22-30)18-24-8-4-5-9-24)37(44)40-28(21-36(42)43)19-26-23-39-33-11-7-6-10-31(26)33/h6-7,10-17,20,22,24,26,28,39H,4-5,8-9,18-19,21,23H2,1-3H3,(H,40,44)(H,42,43)/t26?,28-/m0/s1. The summed E-state index contributed by atoms with van der Waals surface area (Å²) in [6.07, 6.45) is 5.94. The second-order valence-electron chi connectivity index (χ2n) is 13.7. The molecule has 3 N–H and O–H groups in total. The number of para-hydroxylation sites is 1. The van der Waals surface area contributed by atoms with Crippen LogP contribution in [0.5, 0.6) is 11.5 Å². The number of carboxylic acids is 1. The molecule has 0 saturated heterocycles. The monoisotopic (exact) mass is 605 g/mol. The molecular weight excluding hydrogens is 562 g/mol. The van der Waals surface area contributed by atoms with Crippen LogP contribution in [0, 0.1) is 5.92 Å². The van der Waals surface area contributed by atoms with Crippen LogP contribution in [0.25, 0.3) is 10.8 Å². The first-order valence-corrected chi connectivity index (χ1v) is 16.2. The van der Waals surface area contributed by atoms with Crippen LogP contribution in [0.15, 0.2) is 72.8 Å². The molecule has 7 nitrogen and oxygen atoms in total. The number of amides is 1. The van der Waals surface area contributed by atoms with Crippen molar-refractivity contribution in [2.75, 3.05) is 11.9 Å². The summed E-state index contributed by atoms with van der Waals surface area (Å²) in [5.41, 5.74) is 4.76. The minimum absolute atomic E-state index is 0.0685. The van der Waals surface area contributed by atoms with Crippen molar-refractivity contribution in [3.8, 4) is 11.5 Å². The third-order valence-corrected chi connectivity index (χ3v) is 9.29. The number of ether oxygens (including phenoxy) is 1. The van der Waals surface area contributed by atoms with Gasteiger partial charge in [-0.15, -0.1) is 0 Å². The molecule has 0 radical (unpaired) electrons. The van der Waals surface area contributed by atoms with Gasteiger partial charge < -0.3 is 20.5 Å². The topological polar surface area (TPSA) is 101 Å². The van der Waals surface area contributed by atoms with E-state index in [1.165, 1.54) is 18.4 Å². The smallest absolute Gasteiger partial charge is 0.305 e. The van der Waals surface area contributed by atoms with Crippen LogP contribution in [0.4, 0.5) is 5.69 Å². The van der Waals surface area contributed by atoms with Crippen molar-refractivity contribution in [3.63, 3.8) is 0 Å². The average Bonchev–Trinajstić information content (AvgIpc) is 3.67. The number of aromatic nitrogens is 1. The third kappa shape index (κ3) is 7.30. The summed E-state index contributed by atoms with van der Waals surface area (Å²) < 4.78 is 6.27. The van der Waals surface area contributed by atoms with E-state index in [2.05, 4.69) is 49.6 Å². The van der Waals surface area contributed by atoms with Crippen molar-refractivity contribution in [1.82, 2.24) is 10.3 Å². The normalized spacial score (nSPS) is 17.1. The largest absolute Gasteiger partial charge is 0.481 e. The van der Waals surface area contributed by atoms with Crippen LogP contribution in [0.1, 0.15) is 92.5 Å². The number of fused-ring (bicyclic) bond motifs is 2. The lowest BCUT2D eigenvalue weighted by molar-refractivity contribution is -0.137. The van der Waals surface area contributed by atoms with Crippen LogP contribution in [-0.2, 0) is 16.6 Å². The van der Waals surface area contributed by atoms with Crippen molar-refractivity contribution in [1.29, 1.82) is 0 Å². The first kappa shape index (κ1) is 30.6. The van der Waals surface area contributed by atoms with Gasteiger partial charge in [0.15, 0.2) is 0 Å². The first-order chi connectivity index (χ1) is 21.6. The number of carbonyl (C=O) groups is 2. The Bertz CT molecular complexity index is 1690. The van der Waals surface area contributed by atoms with Gasteiger partial charge in [0.25, 0.3) is 5.91 Å². The molecule has 1 fully saturated rings. The first-order valence-electron chi connectivity index (χ1n) is 16.2. The number of aliphatic carboxylic acids is 1. The summed E-state index contributed by atoms with van der Waals surface area (Å²) in [7, 11) is 0. The molecule has 2 heterocycles. The number of benzene rings is 3. The molecule has 3 aromatic carbocycles. The predicted molar refractivity (Wildman–Crippen MR) is 178 cm³/mol. The SMILES string of the molecule is CC(C)(C)c1ccc(Oc2ccc3cc(C(=O)N[C@H](CC(=O)O)CC4CNc5ccccc54)nc(CC4CCCC4)c3c2)cc1. The van der Waals surface area contributed by atoms with Crippen LogP contribution >= 0.6 is 0 Å². The molecule has 1 unspecified atom stereocenters. The second kappa shape index (κ2) is 12.9. The lowest BCUT2D eigenvalue weighted by Gasteiger charge is -2.21. The number of nitrogens with one attached hydrogen (secondary N) is 2. The van der Waals surface area contributed by atoms with Crippen LogP contribution in [0.2, 0.25) is 0 Å². The molecular formula is C38H43N3O4. The molecule has 1 aliphatic heterocycles. The molecule has 45 heavy (non-hydrogen) atoms. The minimum Gasteiger partial charge on any atom is -0.481 e. The summed E-state index contributed by atoms with van der Waals surface area (Å²) in [6, 6.07) is 23.5. The van der Waals surface area contributed by atoms with Gasteiger partial charge in [0.2, 0.25) is 0 Å². The van der Waals surface area contributed by atoms with E-state index in [0.29, 0.717) is 18.0 Å². The number of nitrogens with zero attached hydrogens (tertiary/aromatic N) is 1. The Kier molecular flexibility index (Phi) is 8.79. The lowest BCUT2D eigenvalue weighted by atomic mass is 9.87. The van der Waals surface area contributed by atoms with E-state index < -0.39 is 12.0 Å². The Morgan fingerprint density at radius 3 is 2.47 bits per heavy atom. The number of hydrogen-bond acceptors (Lipinski definition) is 5. The Labute approximate surface area is 265 Å². The average molecular weight is 606 g/mol. The van der Waals surface area contributed by atoms with E-state index in [0.717, 1.165) is 65.0 Å². The van der Waals surface area contributed by atoms with Crippen LogP contribution in [-0.4, -0.2) is 34.6 Å². The fraction of sp³-hybridized carbons (Fsp3) is 0.395. The van der Waals surface area contributed by atoms with Gasteiger partial charge in [-0.25, -0.2) is 4.98 Å². The molecule has 6 rings (SSSR count).